The number of halogens is 2. The van der Waals surface area contributed by atoms with Gasteiger partial charge in [0.15, 0.2) is 0 Å². The molecule has 0 fully saturated rings. The van der Waals surface area contributed by atoms with Crippen LogP contribution in [0.25, 0.3) is 0 Å². The van der Waals surface area contributed by atoms with E-state index in [-0.39, 0.29) is 11.9 Å². The van der Waals surface area contributed by atoms with Crippen molar-refractivity contribution in [3.8, 4) is 0 Å². The van der Waals surface area contributed by atoms with Crippen LogP contribution in [0.15, 0.2) is 18.2 Å². The SMILES string of the molecule is CCCC(O)CCCc1cc(F)ccc1Cl. The first-order valence-electron chi connectivity index (χ1n) is 5.75. The summed E-state index contributed by atoms with van der Waals surface area (Å²) < 4.78 is 12.9. The molecule has 1 nitrogen and oxygen atoms in total. The number of aryl methyl sites for hydroxylation is 1. The van der Waals surface area contributed by atoms with E-state index in [9.17, 15) is 9.50 Å². The van der Waals surface area contributed by atoms with Crippen molar-refractivity contribution in [2.75, 3.05) is 0 Å². The molecule has 0 aromatic heterocycles. The lowest BCUT2D eigenvalue weighted by atomic mass is 10.0. The Morgan fingerprint density at radius 1 is 1.38 bits per heavy atom. The van der Waals surface area contributed by atoms with Crippen LogP contribution in [0.1, 0.15) is 38.2 Å². The molecule has 1 aromatic carbocycles. The average Bonchev–Trinajstić information content (AvgIpc) is 2.23. The van der Waals surface area contributed by atoms with Crippen molar-refractivity contribution < 1.29 is 9.50 Å². The fraction of sp³-hybridized carbons (Fsp3) is 0.538. The molecule has 0 amide bonds. The zero-order valence-electron chi connectivity index (χ0n) is 9.55. The first-order valence-corrected chi connectivity index (χ1v) is 6.13. The third-order valence-electron chi connectivity index (χ3n) is 2.61. The van der Waals surface area contributed by atoms with Crippen molar-refractivity contribution in [2.45, 2.75) is 45.1 Å². The second-order valence-electron chi connectivity index (χ2n) is 4.07. The summed E-state index contributed by atoms with van der Waals surface area (Å²) in [7, 11) is 0. The highest BCUT2D eigenvalue weighted by molar-refractivity contribution is 6.31. The van der Waals surface area contributed by atoms with Gasteiger partial charge in [0.1, 0.15) is 5.82 Å². The van der Waals surface area contributed by atoms with E-state index in [0.717, 1.165) is 37.7 Å². The highest BCUT2D eigenvalue weighted by Gasteiger charge is 2.05. The van der Waals surface area contributed by atoms with Crippen LogP contribution in [0.4, 0.5) is 4.39 Å². The lowest BCUT2D eigenvalue weighted by molar-refractivity contribution is 0.151. The van der Waals surface area contributed by atoms with Crippen LogP contribution in [0, 0.1) is 5.82 Å². The van der Waals surface area contributed by atoms with E-state index in [2.05, 4.69) is 0 Å². The van der Waals surface area contributed by atoms with Gasteiger partial charge in [-0.05, 0) is 49.4 Å². The quantitative estimate of drug-likeness (QED) is 0.803. The molecular weight excluding hydrogens is 227 g/mol. The average molecular weight is 245 g/mol. The summed E-state index contributed by atoms with van der Waals surface area (Å²) in [4.78, 5) is 0. The molecule has 0 bridgehead atoms. The fourth-order valence-corrected chi connectivity index (χ4v) is 1.95. The van der Waals surface area contributed by atoms with Gasteiger partial charge in [0.2, 0.25) is 0 Å². The van der Waals surface area contributed by atoms with E-state index in [1.807, 2.05) is 6.92 Å². The number of hydrogen-bond acceptors (Lipinski definition) is 1. The molecule has 0 aliphatic heterocycles. The maximum atomic E-state index is 12.9. The van der Waals surface area contributed by atoms with E-state index in [1.54, 1.807) is 6.07 Å². The lowest BCUT2D eigenvalue weighted by Gasteiger charge is -2.09. The molecule has 0 saturated carbocycles. The van der Waals surface area contributed by atoms with Crippen LogP contribution in [0.3, 0.4) is 0 Å². The highest BCUT2D eigenvalue weighted by atomic mass is 35.5. The zero-order valence-corrected chi connectivity index (χ0v) is 10.3. The summed E-state index contributed by atoms with van der Waals surface area (Å²) in [5, 5.41) is 10.1. The van der Waals surface area contributed by atoms with E-state index in [0.29, 0.717) is 5.02 Å². The minimum atomic E-state index is -0.256. The van der Waals surface area contributed by atoms with Crippen LogP contribution in [0.5, 0.6) is 0 Å². The standard InChI is InChI=1S/C13H18ClFO/c1-2-4-12(16)6-3-5-10-9-11(15)7-8-13(10)14/h7-9,12,16H,2-6H2,1H3. The third-order valence-corrected chi connectivity index (χ3v) is 2.98. The molecule has 1 unspecified atom stereocenters. The van der Waals surface area contributed by atoms with Gasteiger partial charge in [-0.2, -0.15) is 0 Å². The molecule has 16 heavy (non-hydrogen) atoms. The molecule has 1 N–H and O–H groups in total. The van der Waals surface area contributed by atoms with E-state index < -0.39 is 0 Å². The number of hydrogen-bond donors (Lipinski definition) is 1. The number of aliphatic hydroxyl groups is 1. The molecule has 0 aliphatic carbocycles. The summed E-state index contributed by atoms with van der Waals surface area (Å²) in [5.41, 5.74) is 0.824. The molecule has 0 saturated heterocycles. The maximum Gasteiger partial charge on any atom is 0.123 e. The highest BCUT2D eigenvalue weighted by Crippen LogP contribution is 2.19. The first-order chi connectivity index (χ1) is 7.63. The molecule has 0 radical (unpaired) electrons. The Hall–Kier alpha value is -0.600. The molecule has 1 rings (SSSR count). The van der Waals surface area contributed by atoms with Gasteiger partial charge in [0.25, 0.3) is 0 Å². The zero-order chi connectivity index (χ0) is 12.0. The van der Waals surface area contributed by atoms with Crippen molar-refractivity contribution in [3.05, 3.63) is 34.6 Å². The molecule has 90 valence electrons. The summed E-state index contributed by atoms with van der Waals surface area (Å²) in [5.74, 6) is -0.256. The molecule has 3 heteroatoms. The summed E-state index contributed by atoms with van der Waals surface area (Å²) >= 11 is 5.94. The van der Waals surface area contributed by atoms with Gasteiger partial charge in [-0.1, -0.05) is 24.9 Å². The van der Waals surface area contributed by atoms with Gasteiger partial charge in [-0.3, -0.25) is 0 Å². The van der Waals surface area contributed by atoms with Crippen molar-refractivity contribution >= 4 is 11.6 Å². The second kappa shape index (κ2) is 6.87. The second-order valence-corrected chi connectivity index (χ2v) is 4.48. The van der Waals surface area contributed by atoms with Crippen molar-refractivity contribution in [1.82, 2.24) is 0 Å². The Labute approximate surface area is 101 Å². The van der Waals surface area contributed by atoms with Crippen LogP contribution in [0.2, 0.25) is 5.02 Å². The Balaban J connectivity index is 2.39. The Bertz CT molecular complexity index is 328. The smallest absolute Gasteiger partial charge is 0.123 e. The topological polar surface area (TPSA) is 20.2 Å². The monoisotopic (exact) mass is 244 g/mol. The molecule has 0 spiro atoms. The van der Waals surface area contributed by atoms with Crippen molar-refractivity contribution in [3.63, 3.8) is 0 Å². The van der Waals surface area contributed by atoms with Crippen molar-refractivity contribution in [2.24, 2.45) is 0 Å². The van der Waals surface area contributed by atoms with Gasteiger partial charge in [-0.15, -0.1) is 0 Å². The van der Waals surface area contributed by atoms with Gasteiger partial charge < -0.3 is 5.11 Å². The van der Waals surface area contributed by atoms with Crippen LogP contribution in [-0.4, -0.2) is 11.2 Å². The van der Waals surface area contributed by atoms with Crippen molar-refractivity contribution in [1.29, 1.82) is 0 Å². The van der Waals surface area contributed by atoms with Crippen LogP contribution < -0.4 is 0 Å². The first kappa shape index (κ1) is 13.5. The number of aliphatic hydroxyl groups excluding tert-OH is 1. The van der Waals surface area contributed by atoms with Gasteiger partial charge >= 0.3 is 0 Å². The van der Waals surface area contributed by atoms with Gasteiger partial charge in [-0.25, -0.2) is 4.39 Å². The minimum Gasteiger partial charge on any atom is -0.393 e. The molecule has 1 aromatic rings. The van der Waals surface area contributed by atoms with E-state index in [4.69, 9.17) is 11.6 Å². The summed E-state index contributed by atoms with van der Waals surface area (Å²) in [6.45, 7) is 2.05. The lowest BCUT2D eigenvalue weighted by Crippen LogP contribution is -2.06. The maximum absolute atomic E-state index is 12.9. The van der Waals surface area contributed by atoms with E-state index in [1.165, 1.54) is 12.1 Å². The third kappa shape index (κ3) is 4.50. The summed E-state index contributed by atoms with van der Waals surface area (Å²) in [6.07, 6.45) is 3.89. The Kier molecular flexibility index (Phi) is 5.78. The van der Waals surface area contributed by atoms with Gasteiger partial charge in [0, 0.05) is 5.02 Å². The number of benzene rings is 1. The van der Waals surface area contributed by atoms with Crippen LogP contribution in [-0.2, 0) is 6.42 Å². The normalized spacial score (nSPS) is 12.8. The molecular formula is C13H18ClFO. The van der Waals surface area contributed by atoms with E-state index >= 15 is 0 Å². The minimum absolute atomic E-state index is 0.239. The fourth-order valence-electron chi connectivity index (χ4n) is 1.74. The van der Waals surface area contributed by atoms with Gasteiger partial charge in [0.05, 0.1) is 6.10 Å². The Morgan fingerprint density at radius 3 is 2.81 bits per heavy atom. The Morgan fingerprint density at radius 2 is 2.12 bits per heavy atom. The molecule has 0 heterocycles. The van der Waals surface area contributed by atoms with Crippen LogP contribution >= 0.6 is 11.6 Å². The summed E-state index contributed by atoms with van der Waals surface area (Å²) in [6, 6.07) is 4.40. The molecule has 0 aliphatic rings. The molecule has 1 atom stereocenters. The largest absolute Gasteiger partial charge is 0.393 e. The number of rotatable bonds is 6. The predicted octanol–water partition coefficient (Wildman–Crippen LogP) is 3.96. The predicted molar refractivity (Wildman–Crippen MR) is 65.3 cm³/mol.